The van der Waals surface area contributed by atoms with Gasteiger partial charge in [-0.1, -0.05) is 42.5 Å². The monoisotopic (exact) mass is 260 g/mol. The smallest absolute Gasteiger partial charge is 0.119 e. The number of rotatable bonds is 6. The third kappa shape index (κ3) is 3.78. The summed E-state index contributed by atoms with van der Waals surface area (Å²) in [7, 11) is 0. The first-order valence-corrected chi connectivity index (χ1v) is 6.74. The normalized spacial score (nSPS) is 10.3. The molecule has 0 bridgehead atoms. The summed E-state index contributed by atoms with van der Waals surface area (Å²) in [5, 5.41) is 0. The maximum Gasteiger partial charge on any atom is 0.119 e. The predicted molar refractivity (Wildman–Crippen MR) is 76.3 cm³/mol. The average Bonchev–Trinajstić information content (AvgIpc) is 2.45. The zero-order valence-electron chi connectivity index (χ0n) is 10.3. The Kier molecular flexibility index (Phi) is 5.10. The summed E-state index contributed by atoms with van der Waals surface area (Å²) in [6, 6.07) is 18.3. The largest absolute Gasteiger partial charge is 0.489 e. The van der Waals surface area contributed by atoms with Gasteiger partial charge in [0.25, 0.3) is 0 Å². The van der Waals surface area contributed by atoms with E-state index >= 15 is 0 Å². The summed E-state index contributed by atoms with van der Waals surface area (Å²) >= 11 is 5.75. The zero-order valence-corrected chi connectivity index (χ0v) is 11.1. The first kappa shape index (κ1) is 13.0. The molecule has 0 spiro atoms. The van der Waals surface area contributed by atoms with Gasteiger partial charge in [0, 0.05) is 5.88 Å². The van der Waals surface area contributed by atoms with Crippen molar-refractivity contribution >= 4 is 11.6 Å². The lowest BCUT2D eigenvalue weighted by Crippen LogP contribution is -2.00. The topological polar surface area (TPSA) is 9.23 Å². The molecular formula is C16H17ClO. The molecule has 2 rings (SSSR count). The third-order valence-electron chi connectivity index (χ3n) is 2.84. The zero-order chi connectivity index (χ0) is 12.6. The van der Waals surface area contributed by atoms with E-state index in [9.17, 15) is 0 Å². The van der Waals surface area contributed by atoms with Crippen LogP contribution >= 0.6 is 11.6 Å². The highest BCUT2D eigenvalue weighted by Gasteiger charge is 2.02. The molecule has 0 amide bonds. The third-order valence-corrected chi connectivity index (χ3v) is 3.10. The summed E-state index contributed by atoms with van der Waals surface area (Å²) in [6.45, 7) is 0.614. The maximum atomic E-state index is 5.78. The molecule has 0 heterocycles. The molecule has 0 aliphatic heterocycles. The van der Waals surface area contributed by atoms with Gasteiger partial charge in [0.05, 0.1) is 0 Å². The van der Waals surface area contributed by atoms with E-state index in [1.54, 1.807) is 0 Å². The van der Waals surface area contributed by atoms with Gasteiger partial charge in [0.2, 0.25) is 0 Å². The molecule has 18 heavy (non-hydrogen) atoms. The number of ether oxygens (including phenoxy) is 1. The quantitative estimate of drug-likeness (QED) is 0.698. The van der Waals surface area contributed by atoms with Gasteiger partial charge in [-0.2, -0.15) is 0 Å². The van der Waals surface area contributed by atoms with Gasteiger partial charge in [-0.15, -0.1) is 11.6 Å². The van der Waals surface area contributed by atoms with E-state index in [0.717, 1.165) is 18.6 Å². The van der Waals surface area contributed by atoms with Crippen molar-refractivity contribution in [2.24, 2.45) is 0 Å². The van der Waals surface area contributed by atoms with Gasteiger partial charge in [-0.25, -0.2) is 0 Å². The van der Waals surface area contributed by atoms with E-state index in [1.165, 1.54) is 11.1 Å². The first-order chi connectivity index (χ1) is 8.90. The van der Waals surface area contributed by atoms with Crippen molar-refractivity contribution in [3.05, 3.63) is 65.7 Å². The van der Waals surface area contributed by atoms with Gasteiger partial charge in [0.1, 0.15) is 12.4 Å². The summed E-state index contributed by atoms with van der Waals surface area (Å²) in [5.41, 5.74) is 2.57. The van der Waals surface area contributed by atoms with E-state index in [0.29, 0.717) is 12.5 Å². The minimum atomic E-state index is 0.614. The fourth-order valence-corrected chi connectivity index (χ4v) is 2.01. The van der Waals surface area contributed by atoms with E-state index in [-0.39, 0.29) is 0 Å². The second-order valence-electron chi connectivity index (χ2n) is 4.16. The van der Waals surface area contributed by atoms with Crippen LogP contribution in [0.2, 0.25) is 0 Å². The van der Waals surface area contributed by atoms with Crippen molar-refractivity contribution in [3.63, 3.8) is 0 Å². The van der Waals surface area contributed by atoms with Crippen LogP contribution in [-0.2, 0) is 13.0 Å². The summed E-state index contributed by atoms with van der Waals surface area (Å²) in [6.07, 6.45) is 2.02. The molecule has 0 atom stereocenters. The van der Waals surface area contributed by atoms with Crippen molar-refractivity contribution in [3.8, 4) is 5.75 Å². The number of benzene rings is 2. The summed E-state index contributed by atoms with van der Waals surface area (Å²) in [5.74, 6) is 1.61. The molecule has 94 valence electrons. The van der Waals surface area contributed by atoms with Crippen LogP contribution < -0.4 is 4.74 Å². The van der Waals surface area contributed by atoms with Crippen molar-refractivity contribution in [2.75, 3.05) is 5.88 Å². The van der Waals surface area contributed by atoms with Crippen molar-refractivity contribution in [1.82, 2.24) is 0 Å². The van der Waals surface area contributed by atoms with Crippen LogP contribution in [0.15, 0.2) is 54.6 Å². The lowest BCUT2D eigenvalue weighted by atomic mass is 10.0. The lowest BCUT2D eigenvalue weighted by Gasteiger charge is -2.10. The van der Waals surface area contributed by atoms with Gasteiger partial charge >= 0.3 is 0 Å². The van der Waals surface area contributed by atoms with Crippen LogP contribution in [0.3, 0.4) is 0 Å². The molecule has 0 radical (unpaired) electrons. The highest BCUT2D eigenvalue weighted by molar-refractivity contribution is 6.17. The molecule has 0 aliphatic rings. The Balaban J connectivity index is 2.00. The fourth-order valence-electron chi connectivity index (χ4n) is 1.88. The standard InChI is InChI=1S/C16H17ClO/c17-12-6-9-14-7-4-5-8-15(14)13-18-16-10-2-1-3-11-16/h1-5,7-8,10-11H,6,9,12-13H2. The minimum absolute atomic E-state index is 0.614. The van der Waals surface area contributed by atoms with Crippen LogP contribution in [0, 0.1) is 0 Å². The van der Waals surface area contributed by atoms with Crippen LogP contribution in [0.25, 0.3) is 0 Å². The number of hydrogen-bond donors (Lipinski definition) is 0. The summed E-state index contributed by atoms with van der Waals surface area (Å²) in [4.78, 5) is 0. The highest BCUT2D eigenvalue weighted by atomic mass is 35.5. The van der Waals surface area contributed by atoms with E-state index in [2.05, 4.69) is 18.2 Å². The SMILES string of the molecule is ClCCCc1ccccc1COc1ccccc1. The number of alkyl halides is 1. The number of hydrogen-bond acceptors (Lipinski definition) is 1. The lowest BCUT2D eigenvalue weighted by molar-refractivity contribution is 0.305. The van der Waals surface area contributed by atoms with E-state index in [1.807, 2.05) is 36.4 Å². The van der Waals surface area contributed by atoms with Crippen molar-refractivity contribution in [2.45, 2.75) is 19.4 Å². The van der Waals surface area contributed by atoms with Gasteiger partial charge in [-0.05, 0) is 36.1 Å². The van der Waals surface area contributed by atoms with Crippen molar-refractivity contribution < 1.29 is 4.74 Å². The highest BCUT2D eigenvalue weighted by Crippen LogP contribution is 2.16. The Hall–Kier alpha value is -1.47. The molecular weight excluding hydrogens is 244 g/mol. The molecule has 0 fully saturated rings. The second-order valence-corrected chi connectivity index (χ2v) is 4.54. The molecule has 0 unspecified atom stereocenters. The fraction of sp³-hybridized carbons (Fsp3) is 0.250. The van der Waals surface area contributed by atoms with Crippen LogP contribution in [0.1, 0.15) is 17.5 Å². The van der Waals surface area contributed by atoms with Gasteiger partial charge in [-0.3, -0.25) is 0 Å². The molecule has 2 aromatic carbocycles. The molecule has 2 heteroatoms. The molecule has 0 aromatic heterocycles. The van der Waals surface area contributed by atoms with E-state index in [4.69, 9.17) is 16.3 Å². The molecule has 2 aromatic rings. The molecule has 0 aliphatic carbocycles. The molecule has 0 N–H and O–H groups in total. The summed E-state index contributed by atoms with van der Waals surface area (Å²) < 4.78 is 5.78. The first-order valence-electron chi connectivity index (χ1n) is 6.21. The van der Waals surface area contributed by atoms with Crippen molar-refractivity contribution in [1.29, 1.82) is 0 Å². The maximum absolute atomic E-state index is 5.78. The van der Waals surface area contributed by atoms with Crippen LogP contribution in [0.5, 0.6) is 5.75 Å². The Morgan fingerprint density at radius 3 is 2.22 bits per heavy atom. The van der Waals surface area contributed by atoms with Crippen LogP contribution in [-0.4, -0.2) is 5.88 Å². The Morgan fingerprint density at radius 1 is 0.833 bits per heavy atom. The number of aryl methyl sites for hydroxylation is 1. The molecule has 1 nitrogen and oxygen atoms in total. The number of halogens is 1. The Bertz CT molecular complexity index is 468. The Morgan fingerprint density at radius 2 is 1.50 bits per heavy atom. The Labute approximate surface area is 113 Å². The average molecular weight is 261 g/mol. The molecule has 0 saturated carbocycles. The minimum Gasteiger partial charge on any atom is -0.489 e. The van der Waals surface area contributed by atoms with Gasteiger partial charge < -0.3 is 4.74 Å². The van der Waals surface area contributed by atoms with Crippen LogP contribution in [0.4, 0.5) is 0 Å². The predicted octanol–water partition coefficient (Wildman–Crippen LogP) is 4.44. The number of para-hydroxylation sites is 1. The van der Waals surface area contributed by atoms with Gasteiger partial charge in [0.15, 0.2) is 0 Å². The second kappa shape index (κ2) is 7.07. The van der Waals surface area contributed by atoms with E-state index < -0.39 is 0 Å². The molecule has 0 saturated heterocycles.